The molecule has 0 amide bonds. The number of furan rings is 1. The molecule has 0 fully saturated rings. The van der Waals surface area contributed by atoms with Crippen LogP contribution < -0.4 is 4.90 Å². The molecule has 0 bridgehead atoms. The second kappa shape index (κ2) is 7.50. The van der Waals surface area contributed by atoms with Gasteiger partial charge in [0.2, 0.25) is 0 Å². The molecule has 0 aliphatic heterocycles. The van der Waals surface area contributed by atoms with E-state index in [1.165, 1.54) is 0 Å². The van der Waals surface area contributed by atoms with Crippen LogP contribution in [0.5, 0.6) is 0 Å². The molecule has 0 N–H and O–H groups in total. The van der Waals surface area contributed by atoms with Gasteiger partial charge in [-0.25, -0.2) is 0 Å². The third kappa shape index (κ3) is 2.89. The topological polar surface area (TPSA) is 16.4 Å². The van der Waals surface area contributed by atoms with Crippen molar-refractivity contribution >= 4 is 60.5 Å². The lowest BCUT2D eigenvalue weighted by Gasteiger charge is -2.27. The van der Waals surface area contributed by atoms with Crippen LogP contribution in [0.15, 0.2) is 132 Å². The number of para-hydroxylation sites is 3. The van der Waals surface area contributed by atoms with E-state index < -0.39 is 48.3 Å². The Morgan fingerprint density at radius 1 is 0.529 bits per heavy atom. The number of anilines is 3. The minimum atomic E-state index is -0.562. The molecule has 2 nitrogen and oxygen atoms in total. The van der Waals surface area contributed by atoms with Gasteiger partial charge in [0.1, 0.15) is 11.2 Å². The predicted octanol–water partition coefficient (Wildman–Crippen LogP) is 9.36. The van der Waals surface area contributed by atoms with E-state index in [9.17, 15) is 4.11 Å². The van der Waals surface area contributed by atoms with Gasteiger partial charge >= 0.3 is 0 Å². The highest BCUT2D eigenvalue weighted by Crippen LogP contribution is 2.43. The van der Waals surface area contributed by atoms with E-state index in [2.05, 4.69) is 0 Å². The maximum atomic E-state index is 9.57. The molecule has 34 heavy (non-hydrogen) atoms. The molecule has 0 spiro atoms. The van der Waals surface area contributed by atoms with Crippen molar-refractivity contribution in [2.24, 2.45) is 0 Å². The Morgan fingerprint density at radius 2 is 1.15 bits per heavy atom. The molecule has 0 aliphatic carbocycles. The van der Waals surface area contributed by atoms with Gasteiger partial charge in [0.15, 0.2) is 0 Å². The lowest BCUT2D eigenvalue weighted by Crippen LogP contribution is -2.10. The van der Waals surface area contributed by atoms with Gasteiger partial charge in [-0.1, -0.05) is 78.7 Å². The van der Waals surface area contributed by atoms with Crippen LogP contribution in [0.2, 0.25) is 0 Å². The van der Waals surface area contributed by atoms with E-state index in [1.54, 1.807) is 53.4 Å². The Balaban J connectivity index is 1.81. The SMILES string of the molecule is [2H]c1c([2H])c([2H])c2c(oc3c([2H])c4c([2H])c(N(c5ccccc5)c5ccccc5)c5c([2H])c([2H])c([2H])c([2H])c5c4c([2H])c32)c1[2H]. The third-order valence-corrected chi connectivity index (χ3v) is 5.74. The standard InChI is InChI=1S/C32H21NO/c1-3-11-23(12-4-1)33(24-13-5-2-6-14-24)30-19-22-20-32-29(27-17-9-10-18-31(27)34-32)21-28(22)25-15-7-8-16-26(25)30/h1-21H/i7D,8D,9D,10D,15D,16D,17D,18D,19D,20D,21D. The summed E-state index contributed by atoms with van der Waals surface area (Å²) in [4.78, 5) is 1.68. The number of fused-ring (bicyclic) bond motifs is 6. The van der Waals surface area contributed by atoms with Gasteiger partial charge in [0, 0.05) is 27.5 Å². The molecule has 1 aromatic heterocycles. The molecular formula is C32H21NO. The number of hydrogen-bond donors (Lipinski definition) is 0. The second-order valence-corrected chi connectivity index (χ2v) is 7.74. The zero-order chi connectivity index (χ0) is 32.1. The van der Waals surface area contributed by atoms with E-state index in [1.807, 2.05) is 12.1 Å². The normalized spacial score (nSPS) is 16.1. The lowest BCUT2D eigenvalue weighted by molar-refractivity contribution is 0.669. The van der Waals surface area contributed by atoms with Crippen LogP contribution in [0.1, 0.15) is 15.1 Å². The summed E-state index contributed by atoms with van der Waals surface area (Å²) < 4.78 is 102. The van der Waals surface area contributed by atoms with Crippen LogP contribution >= 0.6 is 0 Å². The summed E-state index contributed by atoms with van der Waals surface area (Å²) in [6.07, 6.45) is 0. The van der Waals surface area contributed by atoms with Gasteiger partial charge in [-0.15, -0.1) is 0 Å². The summed E-state index contributed by atoms with van der Waals surface area (Å²) in [7, 11) is 0. The quantitative estimate of drug-likeness (QED) is 0.251. The van der Waals surface area contributed by atoms with Crippen molar-refractivity contribution in [3.8, 4) is 0 Å². The van der Waals surface area contributed by atoms with Crippen LogP contribution in [0.4, 0.5) is 17.1 Å². The zero-order valence-corrected chi connectivity index (χ0v) is 17.6. The van der Waals surface area contributed by atoms with Gasteiger partial charge < -0.3 is 9.32 Å². The highest BCUT2D eigenvalue weighted by atomic mass is 16.3. The highest BCUT2D eigenvalue weighted by Gasteiger charge is 2.18. The Hall–Kier alpha value is -4.56. The van der Waals surface area contributed by atoms with Gasteiger partial charge in [-0.3, -0.25) is 0 Å². The number of rotatable bonds is 3. The first-order chi connectivity index (χ1) is 21.5. The van der Waals surface area contributed by atoms with E-state index in [0.29, 0.717) is 11.4 Å². The fraction of sp³-hybridized carbons (Fsp3) is 0. The van der Waals surface area contributed by atoms with Crippen molar-refractivity contribution in [2.75, 3.05) is 4.90 Å². The minimum absolute atomic E-state index is 0.0341. The van der Waals surface area contributed by atoms with Crippen molar-refractivity contribution < 1.29 is 19.5 Å². The predicted molar refractivity (Wildman–Crippen MR) is 143 cm³/mol. The molecule has 0 unspecified atom stereocenters. The number of benzene rings is 6. The summed E-state index contributed by atoms with van der Waals surface area (Å²) in [5.74, 6) is 0. The first-order valence-electron chi connectivity index (χ1n) is 16.2. The van der Waals surface area contributed by atoms with E-state index in [0.717, 1.165) is 0 Å². The van der Waals surface area contributed by atoms with Crippen molar-refractivity contribution in [1.82, 2.24) is 0 Å². The third-order valence-electron chi connectivity index (χ3n) is 5.74. The first kappa shape index (κ1) is 11.0. The van der Waals surface area contributed by atoms with Crippen LogP contribution in [0.3, 0.4) is 0 Å². The lowest BCUT2D eigenvalue weighted by atomic mass is 9.97. The average molecular weight is 447 g/mol. The summed E-state index contributed by atoms with van der Waals surface area (Å²) in [5.41, 5.74) is 0.754. The van der Waals surface area contributed by atoms with Gasteiger partial charge in [-0.2, -0.15) is 0 Å². The summed E-state index contributed by atoms with van der Waals surface area (Å²) in [6.45, 7) is 0. The Bertz CT molecular complexity index is 2350. The summed E-state index contributed by atoms with van der Waals surface area (Å²) in [5, 5.41) is -0.567. The molecule has 0 radical (unpaired) electrons. The Morgan fingerprint density at radius 3 is 1.85 bits per heavy atom. The van der Waals surface area contributed by atoms with Gasteiger partial charge in [-0.05, 0) is 64.6 Å². The molecule has 160 valence electrons. The molecule has 6 aromatic carbocycles. The van der Waals surface area contributed by atoms with E-state index in [-0.39, 0.29) is 67.3 Å². The van der Waals surface area contributed by atoms with Crippen LogP contribution in [0.25, 0.3) is 43.5 Å². The van der Waals surface area contributed by atoms with Crippen LogP contribution in [0, 0.1) is 0 Å². The zero-order valence-electron chi connectivity index (χ0n) is 28.6. The molecule has 2 heteroatoms. The average Bonchev–Trinajstić information content (AvgIpc) is 3.46. The molecule has 0 atom stereocenters. The van der Waals surface area contributed by atoms with Crippen LogP contribution in [-0.4, -0.2) is 0 Å². The molecule has 7 aromatic rings. The number of hydrogen-bond acceptors (Lipinski definition) is 2. The highest BCUT2D eigenvalue weighted by molar-refractivity contribution is 6.19. The van der Waals surface area contributed by atoms with Crippen molar-refractivity contribution in [1.29, 1.82) is 0 Å². The first-order valence-corrected chi connectivity index (χ1v) is 10.7. The smallest absolute Gasteiger partial charge is 0.136 e. The molecule has 0 saturated heterocycles. The van der Waals surface area contributed by atoms with Crippen LogP contribution in [-0.2, 0) is 0 Å². The van der Waals surface area contributed by atoms with Gasteiger partial charge in [0.25, 0.3) is 0 Å². The van der Waals surface area contributed by atoms with Crippen molar-refractivity contribution in [3.05, 3.63) is 127 Å². The second-order valence-electron chi connectivity index (χ2n) is 7.74. The molecule has 7 rings (SSSR count). The van der Waals surface area contributed by atoms with E-state index >= 15 is 0 Å². The van der Waals surface area contributed by atoms with E-state index in [4.69, 9.17) is 15.4 Å². The summed E-state index contributed by atoms with van der Waals surface area (Å²) >= 11 is 0. The molecule has 0 saturated carbocycles. The molecule has 1 heterocycles. The number of nitrogens with zero attached hydrogens (tertiary/aromatic N) is 1. The molecular weight excluding hydrogens is 414 g/mol. The summed E-state index contributed by atoms with van der Waals surface area (Å²) in [6, 6.07) is 12.9. The maximum Gasteiger partial charge on any atom is 0.136 e. The maximum absolute atomic E-state index is 9.57. The molecule has 0 aliphatic rings. The minimum Gasteiger partial charge on any atom is -0.456 e. The largest absolute Gasteiger partial charge is 0.456 e. The monoisotopic (exact) mass is 446 g/mol. The fourth-order valence-electron chi connectivity index (χ4n) is 4.26. The fourth-order valence-corrected chi connectivity index (χ4v) is 4.26. The van der Waals surface area contributed by atoms with Crippen molar-refractivity contribution in [2.45, 2.75) is 0 Å². The Kier molecular flexibility index (Phi) is 2.43. The van der Waals surface area contributed by atoms with Gasteiger partial charge in [0.05, 0.1) is 20.8 Å². The Labute approximate surface area is 212 Å². The van der Waals surface area contributed by atoms with Crippen molar-refractivity contribution in [3.63, 3.8) is 0 Å².